The van der Waals surface area contributed by atoms with Crippen molar-refractivity contribution in [2.45, 2.75) is 25.7 Å². The maximum atomic E-state index is 13.2. The number of carbonyl (C=O) groups excluding carboxylic acids is 2. The molecule has 7 rings (SSSR count). The Balaban J connectivity index is 1.45. The lowest BCUT2D eigenvalue weighted by atomic mass is 9.98. The van der Waals surface area contributed by atoms with Crippen LogP contribution < -0.4 is 9.80 Å². The second kappa shape index (κ2) is 11.1. The lowest BCUT2D eigenvalue weighted by molar-refractivity contribution is -0.117. The first-order valence-corrected chi connectivity index (χ1v) is 14.5. The van der Waals surface area contributed by atoms with Crippen molar-refractivity contribution in [2.75, 3.05) is 22.9 Å². The van der Waals surface area contributed by atoms with Crippen LogP contribution in [-0.2, 0) is 9.59 Å². The Hall–Kier alpha value is -5.10. The van der Waals surface area contributed by atoms with E-state index in [0.717, 1.165) is 69.2 Å². The molecule has 2 fully saturated rings. The lowest BCUT2D eigenvalue weighted by Crippen LogP contribution is -2.27. The molecule has 2 aliphatic heterocycles. The van der Waals surface area contributed by atoms with Gasteiger partial charge in [0.25, 0.3) is 0 Å². The molecule has 0 aliphatic carbocycles. The molecule has 0 spiro atoms. The molecule has 0 unspecified atom stereocenters. The van der Waals surface area contributed by atoms with Crippen molar-refractivity contribution in [3.8, 4) is 45.0 Å². The zero-order chi connectivity index (χ0) is 28.5. The minimum atomic E-state index is 0.0948. The SMILES string of the molecule is O=C1CCCN1c1cc(-c2cccc(-c3ccccc3)n2)c(N2CCCC2=O)cc1-c1cccc(-c2ccccc2)n1. The second-order valence-corrected chi connectivity index (χ2v) is 10.7. The van der Waals surface area contributed by atoms with Crippen LogP contribution in [0.25, 0.3) is 45.0 Å². The number of anilines is 2. The van der Waals surface area contributed by atoms with E-state index < -0.39 is 0 Å². The summed E-state index contributed by atoms with van der Waals surface area (Å²) in [5, 5.41) is 0. The van der Waals surface area contributed by atoms with Gasteiger partial charge >= 0.3 is 0 Å². The first-order chi connectivity index (χ1) is 20.7. The third-order valence-corrected chi connectivity index (χ3v) is 8.03. The fourth-order valence-electron chi connectivity index (χ4n) is 5.95. The molecule has 206 valence electrons. The van der Waals surface area contributed by atoms with Crippen LogP contribution in [0.2, 0.25) is 0 Å². The van der Waals surface area contributed by atoms with E-state index in [-0.39, 0.29) is 11.8 Å². The van der Waals surface area contributed by atoms with E-state index in [4.69, 9.17) is 9.97 Å². The van der Waals surface area contributed by atoms with Gasteiger partial charge in [0.1, 0.15) is 0 Å². The van der Waals surface area contributed by atoms with Crippen molar-refractivity contribution in [1.82, 2.24) is 9.97 Å². The van der Waals surface area contributed by atoms with Crippen LogP contribution in [0.3, 0.4) is 0 Å². The Labute approximate surface area is 245 Å². The van der Waals surface area contributed by atoms with Crippen molar-refractivity contribution in [3.63, 3.8) is 0 Å². The Kier molecular flexibility index (Phi) is 6.80. The number of hydrogen-bond donors (Lipinski definition) is 0. The molecular weight excluding hydrogens is 520 g/mol. The number of carbonyl (C=O) groups is 2. The van der Waals surface area contributed by atoms with Crippen LogP contribution >= 0.6 is 0 Å². The molecule has 0 bridgehead atoms. The number of rotatable bonds is 6. The van der Waals surface area contributed by atoms with Crippen LogP contribution in [-0.4, -0.2) is 34.9 Å². The van der Waals surface area contributed by atoms with E-state index in [2.05, 4.69) is 0 Å². The van der Waals surface area contributed by atoms with E-state index in [1.54, 1.807) is 0 Å². The molecule has 0 atom stereocenters. The average Bonchev–Trinajstić information content (AvgIpc) is 3.69. The molecule has 4 heterocycles. The van der Waals surface area contributed by atoms with Gasteiger partial charge in [0, 0.05) is 48.2 Å². The first-order valence-electron chi connectivity index (χ1n) is 14.5. The standard InChI is InChI=1S/C36H30N4O2/c41-35-19-9-21-39(35)33-24-28(32-18-8-16-30(38-32)26-13-5-2-6-14-26)34(40-22-10-20-36(40)42)23-27(33)31-17-7-15-29(37-31)25-11-3-1-4-12-25/h1-8,11-18,23-24H,9-10,19-22H2. The minimum absolute atomic E-state index is 0.0948. The molecular formula is C36H30N4O2. The summed E-state index contributed by atoms with van der Waals surface area (Å²) in [6.07, 6.45) is 2.64. The predicted molar refractivity (Wildman–Crippen MR) is 167 cm³/mol. The fourth-order valence-corrected chi connectivity index (χ4v) is 5.95. The molecule has 6 nitrogen and oxygen atoms in total. The number of hydrogen-bond acceptors (Lipinski definition) is 4. The molecule has 0 N–H and O–H groups in total. The van der Waals surface area contributed by atoms with Crippen molar-refractivity contribution in [3.05, 3.63) is 109 Å². The molecule has 5 aromatic rings. The van der Waals surface area contributed by atoms with E-state index in [0.29, 0.717) is 25.9 Å². The Morgan fingerprint density at radius 3 is 1.26 bits per heavy atom. The van der Waals surface area contributed by atoms with Crippen molar-refractivity contribution >= 4 is 23.2 Å². The molecule has 42 heavy (non-hydrogen) atoms. The summed E-state index contributed by atoms with van der Waals surface area (Å²) >= 11 is 0. The summed E-state index contributed by atoms with van der Waals surface area (Å²) in [6.45, 7) is 1.28. The summed E-state index contributed by atoms with van der Waals surface area (Å²) in [5.74, 6) is 0.190. The number of pyridine rings is 2. The monoisotopic (exact) mass is 550 g/mol. The van der Waals surface area contributed by atoms with E-state index >= 15 is 0 Å². The lowest BCUT2D eigenvalue weighted by Gasteiger charge is -2.26. The van der Waals surface area contributed by atoms with Gasteiger partial charge in [0.15, 0.2) is 0 Å². The second-order valence-electron chi connectivity index (χ2n) is 10.7. The average molecular weight is 551 g/mol. The van der Waals surface area contributed by atoms with Crippen LogP contribution in [0.15, 0.2) is 109 Å². The summed E-state index contributed by atoms with van der Waals surface area (Å²) in [4.78, 5) is 40.2. The van der Waals surface area contributed by atoms with Gasteiger partial charge in [-0.3, -0.25) is 9.59 Å². The van der Waals surface area contributed by atoms with E-state index in [9.17, 15) is 9.59 Å². The first kappa shape index (κ1) is 25.8. The molecule has 0 saturated carbocycles. The van der Waals surface area contributed by atoms with Crippen molar-refractivity contribution in [2.24, 2.45) is 0 Å². The van der Waals surface area contributed by atoms with Crippen LogP contribution in [0.1, 0.15) is 25.7 Å². The normalized spacial score (nSPS) is 15.0. The molecule has 2 saturated heterocycles. The predicted octanol–water partition coefficient (Wildman–Crippen LogP) is 7.40. The minimum Gasteiger partial charge on any atom is -0.312 e. The molecule has 2 aliphatic rings. The van der Waals surface area contributed by atoms with Gasteiger partial charge in [0.05, 0.1) is 34.2 Å². The van der Waals surface area contributed by atoms with E-state index in [1.165, 1.54) is 0 Å². The maximum absolute atomic E-state index is 13.2. The molecule has 0 radical (unpaired) electrons. The van der Waals surface area contributed by atoms with Gasteiger partial charge in [-0.25, -0.2) is 9.97 Å². The number of amides is 2. The van der Waals surface area contributed by atoms with Crippen LogP contribution in [0.4, 0.5) is 11.4 Å². The highest BCUT2D eigenvalue weighted by Crippen LogP contribution is 2.43. The highest BCUT2D eigenvalue weighted by Gasteiger charge is 2.30. The van der Waals surface area contributed by atoms with Crippen molar-refractivity contribution in [1.29, 1.82) is 0 Å². The van der Waals surface area contributed by atoms with Crippen LogP contribution in [0.5, 0.6) is 0 Å². The number of aromatic nitrogens is 2. The summed E-state index contributed by atoms with van der Waals surface area (Å²) in [7, 11) is 0. The van der Waals surface area contributed by atoms with Gasteiger partial charge < -0.3 is 9.80 Å². The van der Waals surface area contributed by atoms with Gasteiger partial charge in [-0.2, -0.15) is 0 Å². The Morgan fingerprint density at radius 1 is 0.476 bits per heavy atom. The number of benzene rings is 3. The zero-order valence-electron chi connectivity index (χ0n) is 23.2. The summed E-state index contributed by atoms with van der Waals surface area (Å²) in [6, 6.07) is 36.2. The topological polar surface area (TPSA) is 66.4 Å². The third-order valence-electron chi connectivity index (χ3n) is 8.03. The zero-order valence-corrected chi connectivity index (χ0v) is 23.2. The highest BCUT2D eigenvalue weighted by atomic mass is 16.2. The molecule has 3 aromatic carbocycles. The van der Waals surface area contributed by atoms with Crippen LogP contribution in [0, 0.1) is 0 Å². The highest BCUT2D eigenvalue weighted by molar-refractivity contribution is 6.05. The Bertz CT molecular complexity index is 1650. The van der Waals surface area contributed by atoms with Crippen molar-refractivity contribution < 1.29 is 9.59 Å². The van der Waals surface area contributed by atoms with Gasteiger partial charge in [-0.15, -0.1) is 0 Å². The van der Waals surface area contributed by atoms with Gasteiger partial charge in [-0.05, 0) is 49.2 Å². The fraction of sp³-hybridized carbons (Fsp3) is 0.167. The van der Waals surface area contributed by atoms with E-state index in [1.807, 2.05) is 119 Å². The third kappa shape index (κ3) is 4.85. The summed E-state index contributed by atoms with van der Waals surface area (Å²) < 4.78 is 0. The van der Waals surface area contributed by atoms with Gasteiger partial charge in [-0.1, -0.05) is 72.8 Å². The number of nitrogens with zero attached hydrogens (tertiary/aromatic N) is 4. The smallest absolute Gasteiger partial charge is 0.227 e. The van der Waals surface area contributed by atoms with Gasteiger partial charge in [0.2, 0.25) is 11.8 Å². The molecule has 6 heteroatoms. The molecule has 2 amide bonds. The summed E-state index contributed by atoms with van der Waals surface area (Å²) in [5.41, 5.74) is 8.53. The maximum Gasteiger partial charge on any atom is 0.227 e. The Morgan fingerprint density at radius 2 is 0.881 bits per heavy atom. The molecule has 2 aromatic heterocycles. The quantitative estimate of drug-likeness (QED) is 0.221. The largest absolute Gasteiger partial charge is 0.312 e.